The zero-order valence-electron chi connectivity index (χ0n) is 30.4. The fraction of sp³-hybridized carbons (Fsp3) is 0.0588. The molecule has 0 aliphatic heterocycles. The molecule has 55 heavy (non-hydrogen) atoms. The maximum absolute atomic E-state index is 16.6. The maximum atomic E-state index is 16.6. The van der Waals surface area contributed by atoms with Gasteiger partial charge in [-0.1, -0.05) is 123 Å². The van der Waals surface area contributed by atoms with Gasteiger partial charge in [0.25, 0.3) is 0 Å². The van der Waals surface area contributed by atoms with Crippen molar-refractivity contribution in [3.63, 3.8) is 0 Å². The third-order valence-corrected chi connectivity index (χ3v) is 11.6. The van der Waals surface area contributed by atoms with Crippen molar-refractivity contribution in [3.05, 3.63) is 193 Å². The molecule has 0 bridgehead atoms. The second-order valence-corrected chi connectivity index (χ2v) is 15.0. The van der Waals surface area contributed by atoms with Crippen molar-refractivity contribution in [1.82, 2.24) is 4.57 Å². The Morgan fingerprint density at radius 1 is 0.545 bits per heavy atom. The van der Waals surface area contributed by atoms with Crippen LogP contribution in [0.3, 0.4) is 0 Å². The molecule has 1 aliphatic carbocycles. The number of rotatable bonds is 5. The summed E-state index contributed by atoms with van der Waals surface area (Å²) in [5.74, 6) is -0.280. The summed E-state index contributed by atoms with van der Waals surface area (Å²) in [6, 6.07) is 60.4. The Morgan fingerprint density at radius 2 is 1.20 bits per heavy atom. The van der Waals surface area contributed by atoms with Gasteiger partial charge < -0.3 is 13.9 Å². The minimum atomic E-state index is -0.297. The number of fused-ring (bicyclic) bond motifs is 10. The Hall–Kier alpha value is -6.91. The zero-order valence-corrected chi connectivity index (χ0v) is 30.4. The molecule has 1 aliphatic rings. The lowest BCUT2D eigenvalue weighted by Gasteiger charge is -2.29. The van der Waals surface area contributed by atoms with Crippen LogP contribution in [-0.2, 0) is 5.41 Å². The molecule has 0 saturated carbocycles. The summed E-state index contributed by atoms with van der Waals surface area (Å²) in [6.45, 7) is 4.58. The molecule has 0 fully saturated rings. The number of halogens is 1. The number of aromatic nitrogens is 1. The van der Waals surface area contributed by atoms with Crippen LogP contribution >= 0.6 is 0 Å². The highest BCUT2D eigenvalue weighted by molar-refractivity contribution is 6.19. The van der Waals surface area contributed by atoms with Crippen LogP contribution in [0.5, 0.6) is 0 Å². The van der Waals surface area contributed by atoms with E-state index in [1.165, 1.54) is 16.7 Å². The summed E-state index contributed by atoms with van der Waals surface area (Å²) in [5.41, 5.74) is 13.5. The van der Waals surface area contributed by atoms with Crippen LogP contribution < -0.4 is 4.90 Å². The molecular weight excluding hydrogens is 676 g/mol. The number of benzene rings is 8. The molecule has 0 radical (unpaired) electrons. The molecule has 8 aromatic carbocycles. The van der Waals surface area contributed by atoms with E-state index in [-0.39, 0.29) is 11.2 Å². The molecule has 0 spiro atoms. The van der Waals surface area contributed by atoms with Crippen LogP contribution in [0, 0.1) is 5.82 Å². The van der Waals surface area contributed by atoms with Gasteiger partial charge in [0.15, 0.2) is 0 Å². The van der Waals surface area contributed by atoms with Gasteiger partial charge in [-0.2, -0.15) is 0 Å². The first-order valence-corrected chi connectivity index (χ1v) is 18.8. The Balaban J connectivity index is 1.24. The highest BCUT2D eigenvalue weighted by atomic mass is 19.1. The summed E-state index contributed by atoms with van der Waals surface area (Å²) in [4.78, 5) is 2.23. The van der Waals surface area contributed by atoms with E-state index < -0.39 is 0 Å². The highest BCUT2D eigenvalue weighted by Gasteiger charge is 2.39. The molecule has 0 atom stereocenters. The van der Waals surface area contributed by atoms with Gasteiger partial charge in [0.2, 0.25) is 0 Å². The summed E-state index contributed by atoms with van der Waals surface area (Å²) < 4.78 is 25.8. The average Bonchev–Trinajstić information content (AvgIpc) is 3.85. The van der Waals surface area contributed by atoms with Crippen LogP contribution in [0.2, 0.25) is 0 Å². The second kappa shape index (κ2) is 11.8. The van der Waals surface area contributed by atoms with Gasteiger partial charge in [0, 0.05) is 49.8 Å². The molecule has 0 saturated heterocycles. The molecule has 3 nitrogen and oxygen atoms in total. The first-order valence-electron chi connectivity index (χ1n) is 18.8. The fourth-order valence-electron chi connectivity index (χ4n) is 9.08. The van der Waals surface area contributed by atoms with Crippen molar-refractivity contribution in [1.29, 1.82) is 0 Å². The molecule has 10 aromatic rings. The van der Waals surface area contributed by atoms with Gasteiger partial charge in [0.1, 0.15) is 17.0 Å². The summed E-state index contributed by atoms with van der Waals surface area (Å²) >= 11 is 0. The third kappa shape index (κ3) is 4.61. The van der Waals surface area contributed by atoms with Crippen molar-refractivity contribution in [2.24, 2.45) is 0 Å². The van der Waals surface area contributed by atoms with E-state index in [1.807, 2.05) is 60.7 Å². The molecule has 2 aromatic heterocycles. The van der Waals surface area contributed by atoms with E-state index in [9.17, 15) is 0 Å². The molecule has 2 heterocycles. The molecule has 11 rings (SSSR count). The Morgan fingerprint density at radius 3 is 2.02 bits per heavy atom. The van der Waals surface area contributed by atoms with Gasteiger partial charge >= 0.3 is 0 Å². The van der Waals surface area contributed by atoms with Crippen LogP contribution in [-0.4, -0.2) is 4.57 Å². The number of hydrogen-bond donors (Lipinski definition) is 0. The van der Waals surface area contributed by atoms with Crippen molar-refractivity contribution in [2.45, 2.75) is 19.3 Å². The first-order chi connectivity index (χ1) is 27.0. The van der Waals surface area contributed by atoms with Gasteiger partial charge in [-0.05, 0) is 89.0 Å². The lowest BCUT2D eigenvalue weighted by molar-refractivity contribution is 0.631. The predicted octanol–water partition coefficient (Wildman–Crippen LogP) is 14.3. The van der Waals surface area contributed by atoms with Crippen LogP contribution in [0.1, 0.15) is 25.0 Å². The second-order valence-electron chi connectivity index (χ2n) is 15.0. The van der Waals surface area contributed by atoms with E-state index >= 15 is 4.39 Å². The summed E-state index contributed by atoms with van der Waals surface area (Å²) in [5, 5.41) is 4.29. The Labute approximate surface area is 318 Å². The summed E-state index contributed by atoms with van der Waals surface area (Å²) in [6.07, 6.45) is 0. The van der Waals surface area contributed by atoms with Crippen LogP contribution in [0.4, 0.5) is 21.5 Å². The number of para-hydroxylation sites is 3. The monoisotopic (exact) mass is 710 g/mol. The normalized spacial score (nSPS) is 13.1. The van der Waals surface area contributed by atoms with Gasteiger partial charge in [-0.15, -0.1) is 0 Å². The van der Waals surface area contributed by atoms with E-state index in [0.717, 1.165) is 77.6 Å². The average molecular weight is 711 g/mol. The lowest BCUT2D eigenvalue weighted by atomic mass is 9.82. The molecule has 4 heteroatoms. The van der Waals surface area contributed by atoms with Crippen molar-refractivity contribution >= 4 is 60.8 Å². The van der Waals surface area contributed by atoms with Crippen molar-refractivity contribution in [2.75, 3.05) is 4.90 Å². The summed E-state index contributed by atoms with van der Waals surface area (Å²) in [7, 11) is 0. The minimum absolute atomic E-state index is 0.280. The molecule has 0 unspecified atom stereocenters. The number of furan rings is 1. The van der Waals surface area contributed by atoms with Crippen molar-refractivity contribution in [3.8, 4) is 27.9 Å². The molecule has 262 valence electrons. The zero-order chi connectivity index (χ0) is 36.8. The van der Waals surface area contributed by atoms with Gasteiger partial charge in [-0.3, -0.25) is 0 Å². The van der Waals surface area contributed by atoms with Gasteiger partial charge in [0.05, 0.1) is 22.1 Å². The largest absolute Gasteiger partial charge is 0.455 e. The number of anilines is 3. The predicted molar refractivity (Wildman–Crippen MR) is 226 cm³/mol. The third-order valence-electron chi connectivity index (χ3n) is 11.6. The number of nitrogens with zero attached hydrogens (tertiary/aromatic N) is 2. The standard InChI is InChI=1S/C51H35FN2O/c1-51(2)41-22-12-9-20-38(41)48-42(51)31-46(49-39-21-11-14-24-47(39)55-50(48)49)53(35-25-27-36(43(52)30-35)32-15-5-3-6-16-32)34-26-28-45-40(29-34)37-19-10-13-23-44(37)54(45)33-17-7-4-8-18-33/h3-31H,1-2H3. The van der Waals surface area contributed by atoms with Gasteiger partial charge in [-0.25, -0.2) is 4.39 Å². The maximum Gasteiger partial charge on any atom is 0.145 e. The Kier molecular flexibility index (Phi) is 6.78. The topological polar surface area (TPSA) is 21.3 Å². The lowest BCUT2D eigenvalue weighted by Crippen LogP contribution is -2.17. The highest BCUT2D eigenvalue weighted by Crippen LogP contribution is 2.56. The minimum Gasteiger partial charge on any atom is -0.455 e. The first kappa shape index (κ1) is 31.6. The number of hydrogen-bond acceptors (Lipinski definition) is 2. The SMILES string of the molecule is CC1(C)c2ccccc2-c2c1cc(N(c1ccc(-c3ccccc3)c(F)c1)c1ccc3c(c1)c1ccccc1n3-c1ccccc1)c1c2oc2ccccc21. The van der Waals surface area contributed by atoms with E-state index in [4.69, 9.17) is 4.42 Å². The van der Waals surface area contributed by atoms with Crippen LogP contribution in [0.25, 0.3) is 71.7 Å². The molecule has 0 amide bonds. The quantitative estimate of drug-likeness (QED) is 0.177. The Bertz CT molecular complexity index is 3140. The van der Waals surface area contributed by atoms with E-state index in [2.05, 4.69) is 133 Å². The smallest absolute Gasteiger partial charge is 0.145 e. The fourth-order valence-corrected chi connectivity index (χ4v) is 9.08. The van der Waals surface area contributed by atoms with E-state index in [1.54, 1.807) is 6.07 Å². The molecular formula is C51H35FN2O. The molecule has 0 N–H and O–H groups in total. The van der Waals surface area contributed by atoms with Crippen LogP contribution in [0.15, 0.2) is 180 Å². The van der Waals surface area contributed by atoms with Crippen molar-refractivity contribution < 1.29 is 8.81 Å². The van der Waals surface area contributed by atoms with E-state index in [0.29, 0.717) is 5.56 Å².